The third kappa shape index (κ3) is 3.32. The van der Waals surface area contributed by atoms with Crippen LogP contribution >= 0.6 is 0 Å². The van der Waals surface area contributed by atoms with Crippen molar-refractivity contribution in [2.45, 2.75) is 39.2 Å². The third-order valence-electron chi connectivity index (χ3n) is 6.07. The molecule has 0 saturated carbocycles. The van der Waals surface area contributed by atoms with Gasteiger partial charge in [0, 0.05) is 67.1 Å². The monoisotopic (exact) mass is 403 g/mol. The van der Waals surface area contributed by atoms with Gasteiger partial charge >= 0.3 is 0 Å². The van der Waals surface area contributed by atoms with Gasteiger partial charge in [-0.2, -0.15) is 0 Å². The molecule has 8 heteroatoms. The highest BCUT2D eigenvalue weighted by atomic mass is 16.1. The molecule has 2 aliphatic rings. The number of hydrogen-bond donors (Lipinski definition) is 1. The molecule has 0 aromatic carbocycles. The molecule has 1 fully saturated rings. The molecule has 5 rings (SSSR count). The molecule has 0 spiro atoms. The van der Waals surface area contributed by atoms with E-state index in [2.05, 4.69) is 38.9 Å². The van der Waals surface area contributed by atoms with E-state index in [1.54, 1.807) is 12.1 Å². The van der Waals surface area contributed by atoms with Crippen molar-refractivity contribution in [3.05, 3.63) is 58.2 Å². The molecule has 0 unspecified atom stereocenters. The van der Waals surface area contributed by atoms with Gasteiger partial charge in [0.15, 0.2) is 0 Å². The fraction of sp³-hybridized carbons (Fsp3) is 0.409. The van der Waals surface area contributed by atoms with Crippen LogP contribution in [0.15, 0.2) is 35.4 Å². The molecule has 5 heterocycles. The SMILES string of the molecule is CCc1nc(C)cc(N2C[C@@H]3C[C@H](C2)c2cc(-c4cc(N)ncn4)cc(=O)n2C3)n1. The Kier molecular flexibility index (Phi) is 4.49. The molecule has 2 atom stereocenters. The second-order valence-electron chi connectivity index (χ2n) is 8.29. The summed E-state index contributed by atoms with van der Waals surface area (Å²) in [5.74, 6) is 2.96. The van der Waals surface area contributed by atoms with E-state index in [9.17, 15) is 4.79 Å². The molecule has 0 radical (unpaired) electrons. The van der Waals surface area contributed by atoms with Gasteiger partial charge in [-0.1, -0.05) is 6.92 Å². The van der Waals surface area contributed by atoms with E-state index in [-0.39, 0.29) is 11.5 Å². The summed E-state index contributed by atoms with van der Waals surface area (Å²) in [5, 5.41) is 0. The summed E-state index contributed by atoms with van der Waals surface area (Å²) in [6, 6.07) is 7.52. The first-order valence-corrected chi connectivity index (χ1v) is 10.4. The molecule has 154 valence electrons. The topological polar surface area (TPSA) is 103 Å². The van der Waals surface area contributed by atoms with Gasteiger partial charge in [-0.25, -0.2) is 19.9 Å². The number of aromatic nitrogens is 5. The van der Waals surface area contributed by atoms with Gasteiger partial charge in [0.2, 0.25) is 0 Å². The Balaban J connectivity index is 1.52. The first-order valence-electron chi connectivity index (χ1n) is 10.4. The number of pyridine rings is 1. The van der Waals surface area contributed by atoms with Crippen molar-refractivity contribution >= 4 is 11.6 Å². The van der Waals surface area contributed by atoms with E-state index < -0.39 is 0 Å². The average Bonchev–Trinajstić information content (AvgIpc) is 2.73. The molecule has 0 aliphatic carbocycles. The molecule has 1 saturated heterocycles. The number of nitrogen functional groups attached to an aromatic ring is 1. The largest absolute Gasteiger partial charge is 0.384 e. The Morgan fingerprint density at radius 3 is 2.77 bits per heavy atom. The summed E-state index contributed by atoms with van der Waals surface area (Å²) in [6.07, 6.45) is 3.33. The Morgan fingerprint density at radius 2 is 1.97 bits per heavy atom. The van der Waals surface area contributed by atoms with E-state index in [4.69, 9.17) is 10.7 Å². The number of rotatable bonds is 3. The smallest absolute Gasteiger partial charge is 0.251 e. The number of piperidine rings is 1. The lowest BCUT2D eigenvalue weighted by Crippen LogP contribution is -2.47. The van der Waals surface area contributed by atoms with E-state index >= 15 is 0 Å². The standard InChI is InChI=1S/C22H25N7O/c1-3-20-26-13(2)4-21(27-20)28-9-14-5-16(11-28)18-6-15(7-22(30)29(18)10-14)17-8-19(23)25-12-24-17/h4,6-8,12,14,16H,3,5,9-11H2,1-2H3,(H2,23,24,25)/t14-,16+/m0/s1. The van der Waals surface area contributed by atoms with Crippen LogP contribution in [0.2, 0.25) is 0 Å². The maximum atomic E-state index is 12.9. The maximum Gasteiger partial charge on any atom is 0.251 e. The van der Waals surface area contributed by atoms with Crippen LogP contribution in [0.25, 0.3) is 11.3 Å². The van der Waals surface area contributed by atoms with E-state index in [1.807, 2.05) is 11.5 Å². The predicted molar refractivity (Wildman–Crippen MR) is 115 cm³/mol. The van der Waals surface area contributed by atoms with Crippen molar-refractivity contribution in [1.29, 1.82) is 0 Å². The van der Waals surface area contributed by atoms with Crippen molar-refractivity contribution in [2.75, 3.05) is 23.7 Å². The molecule has 8 nitrogen and oxygen atoms in total. The van der Waals surface area contributed by atoms with Crippen LogP contribution in [-0.2, 0) is 13.0 Å². The number of aryl methyl sites for hydroxylation is 2. The number of nitrogens with two attached hydrogens (primary N) is 1. The van der Waals surface area contributed by atoms with Gasteiger partial charge < -0.3 is 15.2 Å². The second-order valence-corrected chi connectivity index (χ2v) is 8.29. The number of hydrogen-bond acceptors (Lipinski definition) is 7. The van der Waals surface area contributed by atoms with Gasteiger partial charge in [0.05, 0.1) is 5.69 Å². The first-order chi connectivity index (χ1) is 14.5. The normalized spacial score (nSPS) is 20.1. The van der Waals surface area contributed by atoms with Gasteiger partial charge in [-0.05, 0) is 25.3 Å². The Hall–Kier alpha value is -3.29. The average molecular weight is 403 g/mol. The minimum atomic E-state index is 0.0222. The van der Waals surface area contributed by atoms with Gasteiger partial charge in [0.25, 0.3) is 5.56 Å². The van der Waals surface area contributed by atoms with Crippen LogP contribution in [-0.4, -0.2) is 37.6 Å². The van der Waals surface area contributed by atoms with Gasteiger partial charge in [-0.15, -0.1) is 0 Å². The zero-order valence-corrected chi connectivity index (χ0v) is 17.2. The molecule has 2 aliphatic heterocycles. The van der Waals surface area contributed by atoms with Crippen molar-refractivity contribution in [2.24, 2.45) is 5.92 Å². The van der Waals surface area contributed by atoms with Gasteiger partial charge in [0.1, 0.15) is 23.8 Å². The zero-order chi connectivity index (χ0) is 20.8. The fourth-order valence-corrected chi connectivity index (χ4v) is 4.76. The van der Waals surface area contributed by atoms with E-state index in [0.717, 1.165) is 61.1 Å². The fourth-order valence-electron chi connectivity index (χ4n) is 4.76. The molecule has 3 aromatic rings. The number of fused-ring (bicyclic) bond motifs is 4. The summed E-state index contributed by atoms with van der Waals surface area (Å²) in [4.78, 5) is 32.8. The summed E-state index contributed by atoms with van der Waals surface area (Å²) >= 11 is 0. The Bertz CT molecular complexity index is 1170. The lowest BCUT2D eigenvalue weighted by Gasteiger charge is -2.43. The van der Waals surface area contributed by atoms with Crippen molar-refractivity contribution in [3.63, 3.8) is 0 Å². The Morgan fingerprint density at radius 1 is 1.10 bits per heavy atom. The maximum absolute atomic E-state index is 12.9. The zero-order valence-electron chi connectivity index (χ0n) is 17.2. The molecule has 30 heavy (non-hydrogen) atoms. The Labute approximate surface area is 174 Å². The highest BCUT2D eigenvalue weighted by molar-refractivity contribution is 5.62. The van der Waals surface area contributed by atoms with Crippen LogP contribution in [0.4, 0.5) is 11.6 Å². The van der Waals surface area contributed by atoms with Crippen LogP contribution in [0.3, 0.4) is 0 Å². The van der Waals surface area contributed by atoms with Gasteiger partial charge in [-0.3, -0.25) is 4.79 Å². The quantitative estimate of drug-likeness (QED) is 0.715. The van der Waals surface area contributed by atoms with Crippen LogP contribution in [0.5, 0.6) is 0 Å². The molecule has 0 amide bonds. The molecule has 2 N–H and O–H groups in total. The van der Waals surface area contributed by atoms with Crippen molar-refractivity contribution < 1.29 is 0 Å². The summed E-state index contributed by atoms with van der Waals surface area (Å²) < 4.78 is 1.94. The molecule has 3 aromatic heterocycles. The first kappa shape index (κ1) is 18.7. The van der Waals surface area contributed by atoms with E-state index in [0.29, 0.717) is 17.4 Å². The minimum absolute atomic E-state index is 0.0222. The lowest BCUT2D eigenvalue weighted by molar-refractivity contribution is 0.280. The third-order valence-corrected chi connectivity index (χ3v) is 6.07. The molecular formula is C22H25N7O. The number of anilines is 2. The van der Waals surface area contributed by atoms with Crippen molar-refractivity contribution in [3.8, 4) is 11.3 Å². The molecule has 2 bridgehead atoms. The van der Waals surface area contributed by atoms with Crippen LogP contribution in [0, 0.1) is 12.8 Å². The summed E-state index contributed by atoms with van der Waals surface area (Å²) in [5.41, 5.74) is 9.37. The minimum Gasteiger partial charge on any atom is -0.384 e. The lowest BCUT2D eigenvalue weighted by atomic mass is 9.82. The summed E-state index contributed by atoms with van der Waals surface area (Å²) in [6.45, 7) is 6.58. The highest BCUT2D eigenvalue weighted by Gasteiger charge is 2.35. The van der Waals surface area contributed by atoms with E-state index in [1.165, 1.54) is 6.33 Å². The van der Waals surface area contributed by atoms with Crippen LogP contribution in [0.1, 0.15) is 36.5 Å². The van der Waals surface area contributed by atoms with Crippen LogP contribution < -0.4 is 16.2 Å². The van der Waals surface area contributed by atoms with Crippen molar-refractivity contribution in [1.82, 2.24) is 24.5 Å². The highest BCUT2D eigenvalue weighted by Crippen LogP contribution is 2.37. The predicted octanol–water partition coefficient (Wildman–Crippen LogP) is 2.17. The second kappa shape index (κ2) is 7.19. The molecular weight excluding hydrogens is 378 g/mol. The number of nitrogens with zero attached hydrogens (tertiary/aromatic N) is 6. The summed E-state index contributed by atoms with van der Waals surface area (Å²) in [7, 11) is 0.